The van der Waals surface area contributed by atoms with Crippen LogP contribution in [0.3, 0.4) is 0 Å². The number of nitrogens with zero attached hydrogens (tertiary/aromatic N) is 2. The Morgan fingerprint density at radius 1 is 1.17 bits per heavy atom. The van der Waals surface area contributed by atoms with Crippen molar-refractivity contribution in [3.05, 3.63) is 65.2 Å². The molecule has 4 nitrogen and oxygen atoms in total. The molecule has 0 saturated carbocycles. The maximum atomic E-state index is 13.7. The molecule has 2 aromatic carbocycles. The predicted octanol–water partition coefficient (Wildman–Crippen LogP) is 4.71. The van der Waals surface area contributed by atoms with E-state index in [-0.39, 0.29) is 30.7 Å². The number of benzene rings is 2. The molecule has 0 spiro atoms. The van der Waals surface area contributed by atoms with Gasteiger partial charge in [-0.15, -0.1) is 36.2 Å². The van der Waals surface area contributed by atoms with Crippen LogP contribution in [0.15, 0.2) is 54.6 Å². The Kier molecular flexibility index (Phi) is 8.68. The highest BCUT2D eigenvalue weighted by atomic mass is 35.5. The molecule has 0 bridgehead atoms. The standard InChI is InChI=1S/C23H27N3OS.2ClH/c1-23(18-8-4-3-5-9-18,22(27)26-13-12-17(16-26)15-24-2)14-21-25-19-10-6-7-11-20(19)28-21;;/h3-11,17,24H,12-16H2,1-2H3;2*1H. The fraction of sp³-hybridized carbons (Fsp3) is 0.391. The normalized spacial score (nSPS) is 17.8. The fourth-order valence-corrected chi connectivity index (χ4v) is 5.35. The number of para-hydroxylation sites is 1. The summed E-state index contributed by atoms with van der Waals surface area (Å²) in [4.78, 5) is 20.6. The minimum atomic E-state index is -0.607. The van der Waals surface area contributed by atoms with Crippen molar-refractivity contribution < 1.29 is 4.79 Å². The number of thiazole rings is 1. The van der Waals surface area contributed by atoms with E-state index in [1.807, 2.05) is 43.4 Å². The topological polar surface area (TPSA) is 45.2 Å². The number of rotatable bonds is 6. The largest absolute Gasteiger partial charge is 0.342 e. The summed E-state index contributed by atoms with van der Waals surface area (Å²) in [7, 11) is 1.98. The Morgan fingerprint density at radius 3 is 2.57 bits per heavy atom. The highest BCUT2D eigenvalue weighted by Crippen LogP contribution is 2.35. The average Bonchev–Trinajstić information content (AvgIpc) is 3.34. The van der Waals surface area contributed by atoms with Crippen LogP contribution < -0.4 is 5.32 Å². The van der Waals surface area contributed by atoms with Gasteiger partial charge in [0.25, 0.3) is 0 Å². The molecular formula is C23H29Cl2N3OS. The van der Waals surface area contributed by atoms with E-state index in [0.717, 1.165) is 42.1 Å². The Hall–Kier alpha value is -1.66. The van der Waals surface area contributed by atoms with E-state index in [1.165, 1.54) is 4.70 Å². The molecule has 1 amide bonds. The summed E-state index contributed by atoms with van der Waals surface area (Å²) in [5.74, 6) is 0.757. The summed E-state index contributed by atoms with van der Waals surface area (Å²) in [6.45, 7) is 4.72. The number of hydrogen-bond donors (Lipinski definition) is 1. The van der Waals surface area contributed by atoms with Crippen LogP contribution in [-0.2, 0) is 16.6 Å². The van der Waals surface area contributed by atoms with Crippen LogP contribution in [0.2, 0.25) is 0 Å². The number of halogens is 2. The molecule has 1 aliphatic heterocycles. The summed E-state index contributed by atoms with van der Waals surface area (Å²) >= 11 is 1.70. The van der Waals surface area contributed by atoms with E-state index in [9.17, 15) is 4.79 Å². The molecule has 2 atom stereocenters. The van der Waals surface area contributed by atoms with E-state index in [2.05, 4.69) is 35.3 Å². The average molecular weight is 466 g/mol. The minimum absolute atomic E-state index is 0. The van der Waals surface area contributed by atoms with Crippen molar-refractivity contribution >= 4 is 52.3 Å². The van der Waals surface area contributed by atoms with Gasteiger partial charge in [0.05, 0.1) is 20.6 Å². The van der Waals surface area contributed by atoms with Gasteiger partial charge in [0.2, 0.25) is 5.91 Å². The number of amides is 1. The van der Waals surface area contributed by atoms with Gasteiger partial charge < -0.3 is 10.2 Å². The van der Waals surface area contributed by atoms with Gasteiger partial charge in [-0.05, 0) is 50.6 Å². The van der Waals surface area contributed by atoms with E-state index in [4.69, 9.17) is 4.98 Å². The quantitative estimate of drug-likeness (QED) is 0.573. The second-order valence-electron chi connectivity index (χ2n) is 7.91. The zero-order valence-electron chi connectivity index (χ0n) is 17.3. The van der Waals surface area contributed by atoms with Crippen LogP contribution in [0.5, 0.6) is 0 Å². The number of hydrogen-bond acceptors (Lipinski definition) is 4. The number of likely N-dealkylation sites (tertiary alicyclic amines) is 1. The van der Waals surface area contributed by atoms with Crippen LogP contribution in [0.25, 0.3) is 10.2 Å². The maximum absolute atomic E-state index is 13.7. The van der Waals surface area contributed by atoms with E-state index in [1.54, 1.807) is 11.3 Å². The van der Waals surface area contributed by atoms with Gasteiger partial charge in [-0.2, -0.15) is 0 Å². The lowest BCUT2D eigenvalue weighted by Gasteiger charge is -2.33. The highest BCUT2D eigenvalue weighted by Gasteiger charge is 2.41. The maximum Gasteiger partial charge on any atom is 0.233 e. The summed E-state index contributed by atoms with van der Waals surface area (Å²) in [5, 5.41) is 4.27. The van der Waals surface area contributed by atoms with Crippen LogP contribution in [-0.4, -0.2) is 42.5 Å². The first kappa shape index (κ1) is 24.6. The Balaban J connectivity index is 0.00000160. The van der Waals surface area contributed by atoms with Crippen molar-refractivity contribution in [3.63, 3.8) is 0 Å². The molecule has 162 valence electrons. The van der Waals surface area contributed by atoms with Crippen molar-refractivity contribution in [1.82, 2.24) is 15.2 Å². The van der Waals surface area contributed by atoms with Crippen LogP contribution in [0.1, 0.15) is 23.9 Å². The molecule has 1 N–H and O–H groups in total. The Labute approximate surface area is 194 Å². The molecule has 2 unspecified atom stereocenters. The molecular weight excluding hydrogens is 437 g/mol. The monoisotopic (exact) mass is 465 g/mol. The van der Waals surface area contributed by atoms with E-state index >= 15 is 0 Å². The summed E-state index contributed by atoms with van der Waals surface area (Å²) in [5.41, 5.74) is 1.47. The smallest absolute Gasteiger partial charge is 0.233 e. The lowest BCUT2D eigenvalue weighted by molar-refractivity contribution is -0.136. The predicted molar refractivity (Wildman–Crippen MR) is 130 cm³/mol. The second kappa shape index (κ2) is 10.6. The lowest BCUT2D eigenvalue weighted by atomic mass is 9.78. The van der Waals surface area contributed by atoms with Crippen molar-refractivity contribution in [3.8, 4) is 0 Å². The molecule has 2 heterocycles. The number of carbonyl (C=O) groups excluding carboxylic acids is 1. The third-order valence-corrected chi connectivity index (χ3v) is 6.83. The zero-order chi connectivity index (χ0) is 19.6. The molecule has 7 heteroatoms. The van der Waals surface area contributed by atoms with Crippen LogP contribution in [0.4, 0.5) is 0 Å². The molecule has 3 aromatic rings. The van der Waals surface area contributed by atoms with Crippen molar-refractivity contribution in [2.45, 2.75) is 25.2 Å². The highest BCUT2D eigenvalue weighted by molar-refractivity contribution is 7.18. The first-order chi connectivity index (χ1) is 13.6. The van der Waals surface area contributed by atoms with Gasteiger partial charge in [0.1, 0.15) is 0 Å². The third-order valence-electron chi connectivity index (χ3n) is 5.79. The summed E-state index contributed by atoms with van der Waals surface area (Å²) in [6.07, 6.45) is 1.70. The van der Waals surface area contributed by atoms with Crippen LogP contribution >= 0.6 is 36.2 Å². The van der Waals surface area contributed by atoms with E-state index < -0.39 is 5.41 Å². The second-order valence-corrected chi connectivity index (χ2v) is 9.03. The number of aromatic nitrogens is 1. The molecule has 0 radical (unpaired) electrons. The minimum Gasteiger partial charge on any atom is -0.342 e. The SMILES string of the molecule is CNCC1CCN(C(=O)C(C)(Cc2nc3ccccc3s2)c2ccccc2)C1.Cl.Cl. The Bertz CT molecular complexity index is 932. The van der Waals surface area contributed by atoms with Gasteiger partial charge in [0.15, 0.2) is 0 Å². The van der Waals surface area contributed by atoms with Gasteiger partial charge in [-0.1, -0.05) is 42.5 Å². The summed E-state index contributed by atoms with van der Waals surface area (Å²) in [6, 6.07) is 18.4. The van der Waals surface area contributed by atoms with Crippen LogP contribution in [0, 0.1) is 5.92 Å². The fourth-order valence-electron chi connectivity index (χ4n) is 4.23. The summed E-state index contributed by atoms with van der Waals surface area (Å²) < 4.78 is 1.18. The van der Waals surface area contributed by atoms with Gasteiger partial charge in [0, 0.05) is 19.5 Å². The first-order valence-corrected chi connectivity index (χ1v) is 10.8. The van der Waals surface area contributed by atoms with Gasteiger partial charge in [-0.25, -0.2) is 4.98 Å². The Morgan fingerprint density at radius 2 is 1.87 bits per heavy atom. The third kappa shape index (κ3) is 4.97. The molecule has 4 rings (SSSR count). The molecule has 0 aliphatic carbocycles. The molecule has 1 aromatic heterocycles. The van der Waals surface area contributed by atoms with Crippen molar-refractivity contribution in [1.29, 1.82) is 0 Å². The molecule has 1 aliphatic rings. The van der Waals surface area contributed by atoms with E-state index in [0.29, 0.717) is 12.3 Å². The van der Waals surface area contributed by atoms with Gasteiger partial charge >= 0.3 is 0 Å². The number of carbonyl (C=O) groups is 1. The first-order valence-electron chi connectivity index (χ1n) is 9.94. The number of nitrogens with one attached hydrogen (secondary N) is 1. The van der Waals surface area contributed by atoms with Crippen molar-refractivity contribution in [2.24, 2.45) is 5.92 Å². The number of fused-ring (bicyclic) bond motifs is 1. The zero-order valence-corrected chi connectivity index (χ0v) is 19.8. The van der Waals surface area contributed by atoms with Gasteiger partial charge in [-0.3, -0.25) is 4.79 Å². The molecule has 1 saturated heterocycles. The molecule has 1 fully saturated rings. The van der Waals surface area contributed by atoms with Crippen molar-refractivity contribution in [2.75, 3.05) is 26.7 Å². The molecule has 30 heavy (non-hydrogen) atoms. The lowest BCUT2D eigenvalue weighted by Crippen LogP contribution is -2.46.